The summed E-state index contributed by atoms with van der Waals surface area (Å²) in [4.78, 5) is 17.9. The van der Waals surface area contributed by atoms with Crippen LogP contribution in [-0.4, -0.2) is 15.3 Å². The summed E-state index contributed by atoms with van der Waals surface area (Å²) in [6.07, 6.45) is 2.14. The smallest absolute Gasteiger partial charge is 0.230 e. The quantitative estimate of drug-likeness (QED) is 0.486. The number of benzene rings is 2. The van der Waals surface area contributed by atoms with E-state index in [4.69, 9.17) is 0 Å². The van der Waals surface area contributed by atoms with Gasteiger partial charge < -0.3 is 5.32 Å². The summed E-state index contributed by atoms with van der Waals surface area (Å²) in [6, 6.07) is 14.2. The Labute approximate surface area is 166 Å². The van der Waals surface area contributed by atoms with Crippen LogP contribution in [0.5, 0.6) is 0 Å². The number of aromatic nitrogens is 2. The van der Waals surface area contributed by atoms with Crippen molar-refractivity contribution in [3.63, 3.8) is 0 Å². The summed E-state index contributed by atoms with van der Waals surface area (Å²) < 4.78 is 15.0. The third-order valence-electron chi connectivity index (χ3n) is 4.63. The highest BCUT2D eigenvalue weighted by atomic mass is 32.1. The standard InChI is InChI=1S/C22H20FN3OS/c1-14(2)15-5-9-18(10-6-15)24-21(27)11-19-13-28-22-25-20(12-26(19)22)16-3-7-17(23)8-4-16/h3-10,12-14H,11H2,1-2H3,(H,24,27). The Morgan fingerprint density at radius 3 is 2.54 bits per heavy atom. The number of imidazole rings is 1. The lowest BCUT2D eigenvalue weighted by Crippen LogP contribution is -2.15. The minimum atomic E-state index is -0.274. The van der Waals surface area contributed by atoms with Crippen LogP contribution >= 0.6 is 11.3 Å². The van der Waals surface area contributed by atoms with Gasteiger partial charge in [0.15, 0.2) is 4.96 Å². The van der Waals surface area contributed by atoms with Gasteiger partial charge in [0.05, 0.1) is 12.1 Å². The third kappa shape index (κ3) is 3.82. The van der Waals surface area contributed by atoms with Crippen LogP contribution in [0.4, 0.5) is 10.1 Å². The number of thiazole rings is 1. The van der Waals surface area contributed by atoms with Crippen LogP contribution in [0.1, 0.15) is 31.0 Å². The van der Waals surface area contributed by atoms with Crippen LogP contribution < -0.4 is 5.32 Å². The highest BCUT2D eigenvalue weighted by Gasteiger charge is 2.13. The zero-order valence-electron chi connectivity index (χ0n) is 15.6. The molecule has 6 heteroatoms. The van der Waals surface area contributed by atoms with Crippen molar-refractivity contribution >= 4 is 27.9 Å². The fourth-order valence-corrected chi connectivity index (χ4v) is 3.91. The molecule has 0 bridgehead atoms. The van der Waals surface area contributed by atoms with E-state index in [0.717, 1.165) is 27.6 Å². The maximum absolute atomic E-state index is 13.1. The summed E-state index contributed by atoms with van der Waals surface area (Å²) in [7, 11) is 0. The monoisotopic (exact) mass is 393 g/mol. The number of hydrogen-bond donors (Lipinski definition) is 1. The van der Waals surface area contributed by atoms with Crippen LogP contribution in [-0.2, 0) is 11.2 Å². The average Bonchev–Trinajstić information content (AvgIpc) is 3.25. The summed E-state index contributed by atoms with van der Waals surface area (Å²) in [5.41, 5.74) is 4.51. The second-order valence-corrected chi connectivity index (χ2v) is 7.85. The Hall–Kier alpha value is -2.99. The Bertz CT molecular complexity index is 1110. The molecule has 1 N–H and O–H groups in total. The number of amides is 1. The molecule has 0 fully saturated rings. The van der Waals surface area contributed by atoms with Gasteiger partial charge in [-0.2, -0.15) is 0 Å². The lowest BCUT2D eigenvalue weighted by atomic mass is 10.0. The van der Waals surface area contributed by atoms with Crippen molar-refractivity contribution in [2.24, 2.45) is 0 Å². The highest BCUT2D eigenvalue weighted by Crippen LogP contribution is 2.24. The Kier molecular flexibility index (Phi) is 4.96. The first-order valence-corrected chi connectivity index (χ1v) is 9.99. The van der Waals surface area contributed by atoms with E-state index < -0.39 is 0 Å². The molecule has 2 aromatic carbocycles. The molecule has 4 nitrogen and oxygen atoms in total. The molecule has 142 valence electrons. The van der Waals surface area contributed by atoms with E-state index in [1.165, 1.54) is 29.0 Å². The molecule has 0 radical (unpaired) electrons. The number of fused-ring (bicyclic) bond motifs is 1. The van der Waals surface area contributed by atoms with Crippen molar-refractivity contribution in [2.45, 2.75) is 26.2 Å². The normalized spacial score (nSPS) is 11.3. The van der Waals surface area contributed by atoms with Gasteiger partial charge in [0.25, 0.3) is 0 Å². The predicted molar refractivity (Wildman–Crippen MR) is 111 cm³/mol. The summed E-state index contributed by atoms with van der Waals surface area (Å²) in [5.74, 6) is 0.109. The molecule has 2 aromatic heterocycles. The van der Waals surface area contributed by atoms with Crippen LogP contribution in [0.25, 0.3) is 16.2 Å². The molecule has 0 saturated carbocycles. The first-order chi connectivity index (χ1) is 13.5. The number of rotatable bonds is 5. The van der Waals surface area contributed by atoms with E-state index in [9.17, 15) is 9.18 Å². The van der Waals surface area contributed by atoms with Gasteiger partial charge in [0.2, 0.25) is 5.91 Å². The zero-order chi connectivity index (χ0) is 19.7. The number of nitrogens with zero attached hydrogens (tertiary/aromatic N) is 2. The molecule has 0 atom stereocenters. The van der Waals surface area contributed by atoms with Gasteiger partial charge in [-0.25, -0.2) is 9.37 Å². The van der Waals surface area contributed by atoms with E-state index in [1.54, 1.807) is 12.1 Å². The first kappa shape index (κ1) is 18.4. The number of carbonyl (C=O) groups excluding carboxylic acids is 1. The number of halogens is 1. The molecule has 0 unspecified atom stereocenters. The van der Waals surface area contributed by atoms with Gasteiger partial charge in [-0.3, -0.25) is 9.20 Å². The van der Waals surface area contributed by atoms with Crippen molar-refractivity contribution in [3.05, 3.63) is 77.2 Å². The van der Waals surface area contributed by atoms with Gasteiger partial charge in [-0.15, -0.1) is 11.3 Å². The molecular formula is C22H20FN3OS. The summed E-state index contributed by atoms with van der Waals surface area (Å²) in [6.45, 7) is 4.28. The Morgan fingerprint density at radius 2 is 1.86 bits per heavy atom. The minimum absolute atomic E-state index is 0.0750. The van der Waals surface area contributed by atoms with Gasteiger partial charge in [-0.05, 0) is 47.9 Å². The molecule has 1 amide bonds. The second-order valence-electron chi connectivity index (χ2n) is 7.01. The van der Waals surface area contributed by atoms with Crippen LogP contribution in [0.3, 0.4) is 0 Å². The van der Waals surface area contributed by atoms with Crippen molar-refractivity contribution in [1.82, 2.24) is 9.38 Å². The fraction of sp³-hybridized carbons (Fsp3) is 0.182. The second kappa shape index (κ2) is 7.56. The first-order valence-electron chi connectivity index (χ1n) is 9.11. The van der Waals surface area contributed by atoms with Crippen molar-refractivity contribution in [1.29, 1.82) is 0 Å². The summed E-state index contributed by atoms with van der Waals surface area (Å²) >= 11 is 1.48. The van der Waals surface area contributed by atoms with Gasteiger partial charge >= 0.3 is 0 Å². The molecule has 0 spiro atoms. The lowest BCUT2D eigenvalue weighted by molar-refractivity contribution is -0.115. The van der Waals surface area contributed by atoms with Crippen LogP contribution in [0.2, 0.25) is 0 Å². The van der Waals surface area contributed by atoms with E-state index in [0.29, 0.717) is 5.92 Å². The third-order valence-corrected chi connectivity index (χ3v) is 5.51. The number of hydrogen-bond acceptors (Lipinski definition) is 3. The molecule has 4 aromatic rings. The number of nitrogens with one attached hydrogen (secondary N) is 1. The molecule has 0 saturated heterocycles. The molecule has 0 aliphatic heterocycles. The summed E-state index contributed by atoms with van der Waals surface area (Å²) in [5, 5.41) is 4.89. The van der Waals surface area contributed by atoms with Gasteiger partial charge in [-0.1, -0.05) is 26.0 Å². The van der Waals surface area contributed by atoms with Crippen LogP contribution in [0.15, 0.2) is 60.1 Å². The molecular weight excluding hydrogens is 373 g/mol. The van der Waals surface area contributed by atoms with Crippen molar-refractivity contribution in [3.8, 4) is 11.3 Å². The molecule has 28 heavy (non-hydrogen) atoms. The maximum Gasteiger partial charge on any atom is 0.230 e. The van der Waals surface area contributed by atoms with Crippen LogP contribution in [0, 0.1) is 5.82 Å². The predicted octanol–water partition coefficient (Wildman–Crippen LogP) is 5.51. The highest BCUT2D eigenvalue weighted by molar-refractivity contribution is 7.15. The van der Waals surface area contributed by atoms with E-state index in [2.05, 4.69) is 24.1 Å². The minimum Gasteiger partial charge on any atom is -0.326 e. The maximum atomic E-state index is 13.1. The number of carbonyl (C=O) groups is 1. The molecule has 4 rings (SSSR count). The van der Waals surface area contributed by atoms with Gasteiger partial charge in [0.1, 0.15) is 5.82 Å². The Morgan fingerprint density at radius 1 is 1.14 bits per heavy atom. The largest absolute Gasteiger partial charge is 0.326 e. The number of anilines is 1. The van der Waals surface area contributed by atoms with Crippen molar-refractivity contribution < 1.29 is 9.18 Å². The van der Waals surface area contributed by atoms with Crippen molar-refractivity contribution in [2.75, 3.05) is 5.32 Å². The van der Waals surface area contributed by atoms with E-state index >= 15 is 0 Å². The molecule has 2 heterocycles. The SMILES string of the molecule is CC(C)c1ccc(NC(=O)Cc2csc3nc(-c4ccc(F)cc4)cn23)cc1. The topological polar surface area (TPSA) is 46.4 Å². The van der Waals surface area contributed by atoms with E-state index in [-0.39, 0.29) is 18.1 Å². The van der Waals surface area contributed by atoms with E-state index in [1.807, 2.05) is 40.2 Å². The molecule has 0 aliphatic carbocycles. The molecule has 0 aliphatic rings. The fourth-order valence-electron chi connectivity index (χ4n) is 3.04. The zero-order valence-corrected chi connectivity index (χ0v) is 16.5. The van der Waals surface area contributed by atoms with Gasteiger partial charge in [0, 0.05) is 28.5 Å². The Balaban J connectivity index is 1.49. The lowest BCUT2D eigenvalue weighted by Gasteiger charge is -2.08. The average molecular weight is 393 g/mol.